The second-order valence-corrected chi connectivity index (χ2v) is 5.80. The number of aromatic nitrogens is 1. The minimum atomic E-state index is -3.79. The predicted molar refractivity (Wildman–Crippen MR) is 72.0 cm³/mol. The van der Waals surface area contributed by atoms with Gasteiger partial charge in [0.1, 0.15) is 0 Å². The van der Waals surface area contributed by atoms with Gasteiger partial charge in [0.15, 0.2) is 5.75 Å². The topological polar surface area (TPSA) is 99.4 Å². The lowest BCUT2D eigenvalue weighted by Gasteiger charge is -2.04. The fourth-order valence-electron chi connectivity index (χ4n) is 1.39. The van der Waals surface area contributed by atoms with Crippen molar-refractivity contribution in [3.63, 3.8) is 0 Å². The molecule has 0 bridgehead atoms. The Morgan fingerprint density at radius 3 is 2.40 bits per heavy atom. The SMILES string of the molecule is NS(=O)(=O)c1ccc(C(=O)Oc2cncc(Cl)c2)cc1. The van der Waals surface area contributed by atoms with Gasteiger partial charge in [0, 0.05) is 12.3 Å². The van der Waals surface area contributed by atoms with E-state index in [9.17, 15) is 13.2 Å². The zero-order chi connectivity index (χ0) is 14.8. The van der Waals surface area contributed by atoms with Crippen molar-refractivity contribution in [2.75, 3.05) is 0 Å². The number of halogens is 1. The molecule has 0 saturated heterocycles. The Kier molecular flexibility index (Phi) is 4.03. The summed E-state index contributed by atoms with van der Waals surface area (Å²) >= 11 is 5.71. The second-order valence-electron chi connectivity index (χ2n) is 3.80. The molecular formula is C12H9ClN2O4S. The first-order valence-electron chi connectivity index (χ1n) is 5.32. The minimum Gasteiger partial charge on any atom is -0.421 e. The number of pyridine rings is 1. The highest BCUT2D eigenvalue weighted by Crippen LogP contribution is 2.17. The number of hydrogen-bond acceptors (Lipinski definition) is 5. The molecule has 6 nitrogen and oxygen atoms in total. The summed E-state index contributed by atoms with van der Waals surface area (Å²) in [4.78, 5) is 15.5. The largest absolute Gasteiger partial charge is 0.421 e. The maximum Gasteiger partial charge on any atom is 0.343 e. The molecule has 0 aliphatic rings. The number of esters is 1. The van der Waals surface area contributed by atoms with Gasteiger partial charge in [-0.1, -0.05) is 11.6 Å². The highest BCUT2D eigenvalue weighted by Gasteiger charge is 2.12. The molecule has 0 aliphatic heterocycles. The predicted octanol–water partition coefficient (Wildman–Crippen LogP) is 1.60. The van der Waals surface area contributed by atoms with E-state index in [1.807, 2.05) is 0 Å². The number of carbonyl (C=O) groups is 1. The molecule has 0 radical (unpaired) electrons. The first-order valence-corrected chi connectivity index (χ1v) is 7.24. The van der Waals surface area contributed by atoms with Crippen molar-refractivity contribution in [3.8, 4) is 5.75 Å². The Morgan fingerprint density at radius 1 is 1.20 bits per heavy atom. The van der Waals surface area contributed by atoms with Crippen molar-refractivity contribution in [3.05, 3.63) is 53.3 Å². The third-order valence-corrected chi connectivity index (χ3v) is 3.44. The third-order valence-electron chi connectivity index (χ3n) is 2.31. The fourth-order valence-corrected chi connectivity index (χ4v) is 2.07. The van der Waals surface area contributed by atoms with Crippen LogP contribution in [-0.4, -0.2) is 19.4 Å². The summed E-state index contributed by atoms with van der Waals surface area (Å²) < 4.78 is 27.2. The quantitative estimate of drug-likeness (QED) is 0.868. The van der Waals surface area contributed by atoms with Crippen LogP contribution in [0.15, 0.2) is 47.6 Å². The van der Waals surface area contributed by atoms with Gasteiger partial charge in [0.2, 0.25) is 10.0 Å². The van der Waals surface area contributed by atoms with E-state index < -0.39 is 16.0 Å². The van der Waals surface area contributed by atoms with Crippen molar-refractivity contribution in [2.24, 2.45) is 5.14 Å². The number of hydrogen-bond donors (Lipinski definition) is 1. The van der Waals surface area contributed by atoms with Crippen LogP contribution < -0.4 is 9.88 Å². The fraction of sp³-hybridized carbons (Fsp3) is 0. The zero-order valence-electron chi connectivity index (χ0n) is 9.99. The normalized spacial score (nSPS) is 11.1. The molecule has 0 atom stereocenters. The van der Waals surface area contributed by atoms with Crippen molar-refractivity contribution in [1.29, 1.82) is 0 Å². The van der Waals surface area contributed by atoms with E-state index in [4.69, 9.17) is 21.5 Å². The summed E-state index contributed by atoms with van der Waals surface area (Å²) in [5.41, 5.74) is 0.178. The summed E-state index contributed by atoms with van der Waals surface area (Å²) in [5, 5.41) is 5.29. The van der Waals surface area contributed by atoms with Crippen molar-refractivity contribution in [2.45, 2.75) is 4.90 Å². The summed E-state index contributed by atoms with van der Waals surface area (Å²) in [6.07, 6.45) is 2.74. The molecule has 0 unspecified atom stereocenters. The Morgan fingerprint density at radius 2 is 1.85 bits per heavy atom. The molecule has 0 aliphatic carbocycles. The molecule has 0 amide bonds. The zero-order valence-corrected chi connectivity index (χ0v) is 11.6. The number of carbonyl (C=O) groups excluding carboxylic acids is 1. The van der Waals surface area contributed by atoms with Gasteiger partial charge >= 0.3 is 5.97 Å². The monoisotopic (exact) mass is 312 g/mol. The van der Waals surface area contributed by atoms with Crippen LogP contribution in [0, 0.1) is 0 Å². The first-order chi connectivity index (χ1) is 9.36. The molecule has 0 spiro atoms. The van der Waals surface area contributed by atoms with Crippen LogP contribution >= 0.6 is 11.6 Å². The highest BCUT2D eigenvalue weighted by molar-refractivity contribution is 7.89. The smallest absolute Gasteiger partial charge is 0.343 e. The Hall–Kier alpha value is -1.96. The molecule has 2 rings (SSSR count). The van der Waals surface area contributed by atoms with Crippen LogP contribution in [0.4, 0.5) is 0 Å². The molecule has 2 N–H and O–H groups in total. The van der Waals surface area contributed by atoms with E-state index >= 15 is 0 Å². The van der Waals surface area contributed by atoms with E-state index in [1.54, 1.807) is 0 Å². The van der Waals surface area contributed by atoms with Crippen molar-refractivity contribution < 1.29 is 17.9 Å². The number of sulfonamides is 1. The average Bonchev–Trinajstić information content (AvgIpc) is 2.38. The Balaban J connectivity index is 2.18. The average molecular weight is 313 g/mol. The summed E-state index contributed by atoms with van der Waals surface area (Å²) in [6.45, 7) is 0. The molecule has 2 aromatic rings. The number of primary sulfonamides is 1. The van der Waals surface area contributed by atoms with Gasteiger partial charge in [-0.05, 0) is 24.3 Å². The molecule has 0 saturated carbocycles. The lowest BCUT2D eigenvalue weighted by atomic mass is 10.2. The number of rotatable bonds is 3. The van der Waals surface area contributed by atoms with Gasteiger partial charge in [0.05, 0.1) is 21.7 Å². The Labute approximate surface area is 120 Å². The van der Waals surface area contributed by atoms with E-state index in [1.165, 1.54) is 42.7 Å². The van der Waals surface area contributed by atoms with Crippen LogP contribution in [0.25, 0.3) is 0 Å². The van der Waals surface area contributed by atoms with Gasteiger partial charge in [0.25, 0.3) is 0 Å². The van der Waals surface area contributed by atoms with Crippen molar-refractivity contribution in [1.82, 2.24) is 4.98 Å². The highest BCUT2D eigenvalue weighted by atomic mass is 35.5. The maximum atomic E-state index is 11.8. The molecule has 104 valence electrons. The van der Waals surface area contributed by atoms with Crippen LogP contribution in [-0.2, 0) is 10.0 Å². The van der Waals surface area contributed by atoms with E-state index in [0.29, 0.717) is 5.02 Å². The number of ether oxygens (including phenoxy) is 1. The minimum absolute atomic E-state index is 0.0847. The van der Waals surface area contributed by atoms with Gasteiger partial charge in [-0.15, -0.1) is 0 Å². The van der Waals surface area contributed by atoms with Crippen LogP contribution in [0.1, 0.15) is 10.4 Å². The van der Waals surface area contributed by atoms with Gasteiger partial charge in [-0.2, -0.15) is 0 Å². The molecule has 1 aromatic heterocycles. The molecule has 8 heteroatoms. The first kappa shape index (κ1) is 14.4. The molecule has 20 heavy (non-hydrogen) atoms. The number of nitrogens with zero attached hydrogens (tertiary/aromatic N) is 1. The maximum absolute atomic E-state index is 11.8. The molecular weight excluding hydrogens is 304 g/mol. The van der Waals surface area contributed by atoms with Crippen LogP contribution in [0.3, 0.4) is 0 Å². The van der Waals surface area contributed by atoms with Gasteiger partial charge in [-0.25, -0.2) is 18.4 Å². The van der Waals surface area contributed by atoms with Gasteiger partial charge < -0.3 is 4.74 Å². The van der Waals surface area contributed by atoms with E-state index in [0.717, 1.165) is 0 Å². The summed E-state index contributed by atoms with van der Waals surface area (Å²) in [7, 11) is -3.79. The molecule has 1 heterocycles. The van der Waals surface area contributed by atoms with E-state index in [-0.39, 0.29) is 16.2 Å². The second kappa shape index (κ2) is 5.58. The number of benzene rings is 1. The Bertz CT molecular complexity index is 744. The number of nitrogens with two attached hydrogens (primary N) is 1. The lowest BCUT2D eigenvalue weighted by molar-refractivity contribution is 0.0734. The summed E-state index contributed by atoms with van der Waals surface area (Å²) in [5.74, 6) is -0.465. The van der Waals surface area contributed by atoms with Crippen LogP contribution in [0.5, 0.6) is 5.75 Å². The third kappa shape index (κ3) is 3.53. The summed E-state index contributed by atoms with van der Waals surface area (Å²) in [6, 6.07) is 6.50. The van der Waals surface area contributed by atoms with Crippen LogP contribution in [0.2, 0.25) is 5.02 Å². The standard InChI is InChI=1S/C12H9ClN2O4S/c13-9-5-10(7-15-6-9)19-12(16)8-1-3-11(4-2-8)20(14,17)18/h1-7H,(H2,14,17,18). The molecule has 0 fully saturated rings. The van der Waals surface area contributed by atoms with E-state index in [2.05, 4.69) is 4.98 Å². The lowest BCUT2D eigenvalue weighted by Crippen LogP contribution is -2.13. The van der Waals surface area contributed by atoms with Gasteiger partial charge in [-0.3, -0.25) is 4.98 Å². The molecule has 1 aromatic carbocycles. The van der Waals surface area contributed by atoms with Crippen molar-refractivity contribution >= 4 is 27.6 Å².